The lowest BCUT2D eigenvalue weighted by Gasteiger charge is -2.38. The highest BCUT2D eigenvalue weighted by atomic mass is 19.1. The van der Waals surface area contributed by atoms with Crippen molar-refractivity contribution in [2.45, 2.75) is 13.0 Å². The topological polar surface area (TPSA) is 58.6 Å². The van der Waals surface area contributed by atoms with E-state index in [2.05, 4.69) is 5.32 Å². The molecule has 1 aromatic rings. The van der Waals surface area contributed by atoms with Crippen molar-refractivity contribution in [3.63, 3.8) is 0 Å². The maximum atomic E-state index is 13.0. The van der Waals surface area contributed by atoms with Gasteiger partial charge in [-0.3, -0.25) is 4.79 Å². The molecule has 1 atom stereocenters. The first-order valence-corrected chi connectivity index (χ1v) is 5.79. The number of carbonyl (C=O) groups excluding carboxylic acids is 1. The molecule has 0 aliphatic carbocycles. The summed E-state index contributed by atoms with van der Waals surface area (Å²) in [4.78, 5) is 11.7. The molecule has 1 saturated heterocycles. The SMILES string of the molecule is CC1(CNC(=O)[C@@H](O)c2cccc(F)c2)COC1. The number of amides is 1. The fourth-order valence-electron chi connectivity index (χ4n) is 1.78. The number of hydrogen-bond acceptors (Lipinski definition) is 3. The van der Waals surface area contributed by atoms with E-state index in [4.69, 9.17) is 4.74 Å². The molecule has 1 fully saturated rings. The van der Waals surface area contributed by atoms with Crippen molar-refractivity contribution in [1.29, 1.82) is 0 Å². The summed E-state index contributed by atoms with van der Waals surface area (Å²) < 4.78 is 18.0. The number of nitrogens with one attached hydrogen (secondary N) is 1. The number of halogens is 1. The van der Waals surface area contributed by atoms with E-state index >= 15 is 0 Å². The zero-order valence-corrected chi connectivity index (χ0v) is 10.1. The van der Waals surface area contributed by atoms with E-state index in [0.29, 0.717) is 19.8 Å². The second kappa shape index (κ2) is 5.04. The molecule has 1 amide bonds. The first kappa shape index (κ1) is 13.0. The van der Waals surface area contributed by atoms with Gasteiger partial charge in [0.05, 0.1) is 13.2 Å². The number of hydrogen-bond donors (Lipinski definition) is 2. The zero-order valence-electron chi connectivity index (χ0n) is 10.1. The fraction of sp³-hybridized carbons (Fsp3) is 0.462. The molecule has 0 saturated carbocycles. The van der Waals surface area contributed by atoms with Crippen LogP contribution in [-0.2, 0) is 9.53 Å². The summed E-state index contributed by atoms with van der Waals surface area (Å²) in [6, 6.07) is 5.39. The van der Waals surface area contributed by atoms with E-state index in [-0.39, 0.29) is 11.0 Å². The van der Waals surface area contributed by atoms with Gasteiger partial charge < -0.3 is 15.2 Å². The normalized spacial score (nSPS) is 18.8. The average Bonchev–Trinajstić information content (AvgIpc) is 2.32. The van der Waals surface area contributed by atoms with E-state index < -0.39 is 17.8 Å². The molecule has 5 heteroatoms. The third-order valence-electron chi connectivity index (χ3n) is 3.00. The third-order valence-corrected chi connectivity index (χ3v) is 3.00. The Labute approximate surface area is 105 Å². The van der Waals surface area contributed by atoms with Gasteiger partial charge in [-0.15, -0.1) is 0 Å². The van der Waals surface area contributed by atoms with Crippen LogP contribution in [0, 0.1) is 11.2 Å². The van der Waals surface area contributed by atoms with Crippen LogP contribution in [-0.4, -0.2) is 30.8 Å². The minimum absolute atomic E-state index is 0.0582. The molecule has 0 unspecified atom stereocenters. The lowest BCUT2D eigenvalue weighted by molar-refractivity contribution is -0.134. The molecule has 18 heavy (non-hydrogen) atoms. The van der Waals surface area contributed by atoms with E-state index in [1.165, 1.54) is 18.2 Å². The number of aliphatic hydroxyl groups is 1. The van der Waals surface area contributed by atoms with Gasteiger partial charge in [-0.05, 0) is 17.7 Å². The van der Waals surface area contributed by atoms with Gasteiger partial charge >= 0.3 is 0 Å². The van der Waals surface area contributed by atoms with Crippen molar-refractivity contribution in [3.8, 4) is 0 Å². The summed E-state index contributed by atoms with van der Waals surface area (Å²) >= 11 is 0. The molecule has 1 aliphatic rings. The lowest BCUT2D eigenvalue weighted by atomic mass is 9.88. The largest absolute Gasteiger partial charge is 0.380 e. The number of aliphatic hydroxyl groups excluding tert-OH is 1. The van der Waals surface area contributed by atoms with Gasteiger partial charge in [-0.2, -0.15) is 0 Å². The Hall–Kier alpha value is -1.46. The molecule has 0 radical (unpaired) electrons. The Morgan fingerprint density at radius 3 is 2.89 bits per heavy atom. The highest BCUT2D eigenvalue weighted by molar-refractivity contribution is 5.81. The lowest BCUT2D eigenvalue weighted by Crippen LogP contribution is -2.49. The Morgan fingerprint density at radius 1 is 1.61 bits per heavy atom. The van der Waals surface area contributed by atoms with Crippen LogP contribution in [0.15, 0.2) is 24.3 Å². The summed E-state index contributed by atoms with van der Waals surface area (Å²) in [7, 11) is 0. The third kappa shape index (κ3) is 2.86. The summed E-state index contributed by atoms with van der Waals surface area (Å²) in [6.45, 7) is 3.64. The second-order valence-electron chi connectivity index (χ2n) is 4.98. The molecule has 2 rings (SSSR count). The second-order valence-corrected chi connectivity index (χ2v) is 4.98. The number of benzene rings is 1. The first-order valence-electron chi connectivity index (χ1n) is 5.79. The molecule has 4 nitrogen and oxygen atoms in total. The minimum atomic E-state index is -1.34. The average molecular weight is 253 g/mol. The van der Waals surface area contributed by atoms with E-state index in [0.717, 1.165) is 6.07 Å². The van der Waals surface area contributed by atoms with Crippen LogP contribution in [0.3, 0.4) is 0 Å². The van der Waals surface area contributed by atoms with Gasteiger partial charge in [0.1, 0.15) is 5.82 Å². The Kier molecular flexibility index (Phi) is 3.63. The molecular formula is C13H16FNO3. The Balaban J connectivity index is 1.92. The van der Waals surface area contributed by atoms with E-state index in [9.17, 15) is 14.3 Å². The summed E-state index contributed by atoms with van der Waals surface area (Å²) in [5.41, 5.74) is 0.194. The van der Waals surface area contributed by atoms with Crippen LogP contribution in [0.25, 0.3) is 0 Å². The predicted molar refractivity (Wildman–Crippen MR) is 63.3 cm³/mol. The molecule has 98 valence electrons. The van der Waals surface area contributed by atoms with Crippen LogP contribution < -0.4 is 5.32 Å². The fourth-order valence-corrected chi connectivity index (χ4v) is 1.78. The molecule has 0 spiro atoms. The highest BCUT2D eigenvalue weighted by Crippen LogP contribution is 2.25. The monoisotopic (exact) mass is 253 g/mol. The molecule has 0 aromatic heterocycles. The van der Waals surface area contributed by atoms with Gasteiger partial charge in [-0.25, -0.2) is 4.39 Å². The standard InChI is InChI=1S/C13H16FNO3/c1-13(7-18-8-13)6-15-12(17)11(16)9-3-2-4-10(14)5-9/h2-5,11,16H,6-8H2,1H3,(H,15,17)/t11-/m0/s1. The van der Waals surface area contributed by atoms with Crippen molar-refractivity contribution in [3.05, 3.63) is 35.6 Å². The first-order chi connectivity index (χ1) is 8.50. The van der Waals surface area contributed by atoms with Crippen molar-refractivity contribution in [1.82, 2.24) is 5.32 Å². The van der Waals surface area contributed by atoms with Gasteiger partial charge in [0.25, 0.3) is 5.91 Å². The Morgan fingerprint density at radius 2 is 2.33 bits per heavy atom. The van der Waals surface area contributed by atoms with Crippen LogP contribution in [0.4, 0.5) is 4.39 Å². The number of ether oxygens (including phenoxy) is 1. The highest BCUT2D eigenvalue weighted by Gasteiger charge is 2.34. The quantitative estimate of drug-likeness (QED) is 0.842. The van der Waals surface area contributed by atoms with Crippen molar-refractivity contribution in [2.24, 2.45) is 5.41 Å². The van der Waals surface area contributed by atoms with Crippen LogP contribution >= 0.6 is 0 Å². The Bertz CT molecular complexity index is 446. The molecule has 1 aromatic carbocycles. The van der Waals surface area contributed by atoms with Crippen LogP contribution in [0.5, 0.6) is 0 Å². The van der Waals surface area contributed by atoms with Crippen molar-refractivity contribution >= 4 is 5.91 Å². The van der Waals surface area contributed by atoms with Crippen LogP contribution in [0.2, 0.25) is 0 Å². The van der Waals surface area contributed by atoms with Crippen LogP contribution in [0.1, 0.15) is 18.6 Å². The molecular weight excluding hydrogens is 237 g/mol. The number of carbonyl (C=O) groups is 1. The molecule has 1 heterocycles. The maximum Gasteiger partial charge on any atom is 0.253 e. The van der Waals surface area contributed by atoms with Crippen molar-refractivity contribution in [2.75, 3.05) is 19.8 Å². The zero-order chi connectivity index (χ0) is 13.2. The summed E-state index contributed by atoms with van der Waals surface area (Å²) in [6.07, 6.45) is -1.34. The predicted octanol–water partition coefficient (Wildman–Crippen LogP) is 1.01. The van der Waals surface area contributed by atoms with Gasteiger partial charge in [0.15, 0.2) is 6.10 Å². The minimum Gasteiger partial charge on any atom is -0.380 e. The van der Waals surface area contributed by atoms with Gasteiger partial charge in [0.2, 0.25) is 0 Å². The molecule has 2 N–H and O–H groups in total. The van der Waals surface area contributed by atoms with Gasteiger partial charge in [0, 0.05) is 12.0 Å². The maximum absolute atomic E-state index is 13.0. The number of rotatable bonds is 4. The molecule has 1 aliphatic heterocycles. The van der Waals surface area contributed by atoms with E-state index in [1.807, 2.05) is 6.92 Å². The summed E-state index contributed by atoms with van der Waals surface area (Å²) in [5.74, 6) is -0.993. The van der Waals surface area contributed by atoms with E-state index in [1.54, 1.807) is 0 Å². The van der Waals surface area contributed by atoms with Gasteiger partial charge in [-0.1, -0.05) is 19.1 Å². The molecule has 0 bridgehead atoms. The summed E-state index contributed by atoms with van der Waals surface area (Å²) in [5, 5.41) is 12.4. The smallest absolute Gasteiger partial charge is 0.253 e. The van der Waals surface area contributed by atoms with Crippen molar-refractivity contribution < 1.29 is 19.0 Å².